The molecule has 2 N–H and O–H groups in total. The first-order valence-electron chi connectivity index (χ1n) is 4.25. The molecule has 0 aromatic carbocycles. The van der Waals surface area contributed by atoms with Crippen molar-refractivity contribution < 1.29 is 9.53 Å². The minimum Gasteiger partial charge on any atom is -0.466 e. The second kappa shape index (κ2) is 6.70. The Morgan fingerprint density at radius 3 is 2.83 bits per heavy atom. The molecule has 0 fully saturated rings. The Hall–Kier alpha value is -0.990. The number of rotatable bonds is 5. The van der Waals surface area contributed by atoms with E-state index in [4.69, 9.17) is 10.5 Å². The van der Waals surface area contributed by atoms with Crippen LogP contribution in [0.1, 0.15) is 26.7 Å². The minimum absolute atomic E-state index is 0.0267. The Bertz CT molecular complexity index is 155. The number of esters is 1. The first kappa shape index (κ1) is 11.0. The van der Waals surface area contributed by atoms with Crippen LogP contribution >= 0.6 is 0 Å². The smallest absolute Gasteiger partial charge is 0.308 e. The van der Waals surface area contributed by atoms with E-state index in [2.05, 4.69) is 0 Å². The van der Waals surface area contributed by atoms with E-state index in [1.807, 2.05) is 19.9 Å². The average Bonchev–Trinajstić information content (AvgIpc) is 2.05. The predicted octanol–water partition coefficient (Wildman–Crippen LogP) is 1.44. The molecule has 0 aliphatic heterocycles. The zero-order chi connectivity index (χ0) is 9.40. The lowest BCUT2D eigenvalue weighted by Crippen LogP contribution is -2.14. The summed E-state index contributed by atoms with van der Waals surface area (Å²) in [7, 11) is 0. The molecular weight excluding hydrogens is 154 g/mol. The van der Waals surface area contributed by atoms with Crippen molar-refractivity contribution in [3.63, 3.8) is 0 Å². The lowest BCUT2D eigenvalue weighted by Gasteiger charge is -2.07. The zero-order valence-corrected chi connectivity index (χ0v) is 7.75. The molecule has 1 unspecified atom stereocenters. The van der Waals surface area contributed by atoms with Crippen LogP contribution < -0.4 is 5.73 Å². The van der Waals surface area contributed by atoms with Crippen molar-refractivity contribution >= 4 is 5.97 Å². The van der Waals surface area contributed by atoms with Crippen molar-refractivity contribution in [2.45, 2.75) is 26.7 Å². The number of nitrogens with two attached hydrogens (primary N) is 1. The van der Waals surface area contributed by atoms with Crippen LogP contribution in [0, 0.1) is 5.92 Å². The summed E-state index contributed by atoms with van der Waals surface area (Å²) in [6, 6.07) is 0. The summed E-state index contributed by atoms with van der Waals surface area (Å²) < 4.78 is 4.84. The van der Waals surface area contributed by atoms with Gasteiger partial charge >= 0.3 is 5.97 Å². The van der Waals surface area contributed by atoms with E-state index >= 15 is 0 Å². The van der Waals surface area contributed by atoms with Gasteiger partial charge in [0.05, 0.1) is 12.5 Å². The van der Waals surface area contributed by atoms with Gasteiger partial charge in [0.1, 0.15) is 0 Å². The molecule has 0 aliphatic carbocycles. The van der Waals surface area contributed by atoms with Gasteiger partial charge in [0.25, 0.3) is 0 Å². The zero-order valence-electron chi connectivity index (χ0n) is 7.75. The normalized spacial score (nSPS) is 13.2. The van der Waals surface area contributed by atoms with Crippen molar-refractivity contribution in [3.05, 3.63) is 12.3 Å². The van der Waals surface area contributed by atoms with Crippen LogP contribution in [0.15, 0.2) is 12.3 Å². The van der Waals surface area contributed by atoms with Gasteiger partial charge in [0.2, 0.25) is 0 Å². The maximum atomic E-state index is 11.1. The highest BCUT2D eigenvalue weighted by molar-refractivity contribution is 5.71. The van der Waals surface area contributed by atoms with E-state index < -0.39 is 0 Å². The number of ether oxygens (including phenoxy) is 1. The minimum atomic E-state index is -0.122. The molecule has 3 heteroatoms. The molecule has 0 saturated carbocycles. The van der Waals surface area contributed by atoms with Gasteiger partial charge in [-0.15, -0.1) is 0 Å². The fourth-order valence-corrected chi connectivity index (χ4v) is 0.845. The largest absolute Gasteiger partial charge is 0.466 e. The van der Waals surface area contributed by atoms with E-state index in [0.717, 1.165) is 12.8 Å². The molecule has 0 rings (SSSR count). The van der Waals surface area contributed by atoms with Crippen LogP contribution in [0.2, 0.25) is 0 Å². The number of carbonyl (C=O) groups excluding carboxylic acids is 1. The topological polar surface area (TPSA) is 52.3 Å². The maximum Gasteiger partial charge on any atom is 0.308 e. The van der Waals surface area contributed by atoms with E-state index in [0.29, 0.717) is 6.61 Å². The van der Waals surface area contributed by atoms with Crippen LogP contribution in [-0.2, 0) is 9.53 Å². The monoisotopic (exact) mass is 171 g/mol. The molecule has 0 amide bonds. The molecule has 0 heterocycles. The molecule has 0 aliphatic rings. The van der Waals surface area contributed by atoms with Crippen LogP contribution in [0.3, 0.4) is 0 Å². The molecule has 1 atom stereocenters. The first-order valence-corrected chi connectivity index (χ1v) is 4.25. The highest BCUT2D eigenvalue weighted by Gasteiger charge is 2.11. The molecule has 0 spiro atoms. The number of carbonyl (C=O) groups is 1. The lowest BCUT2D eigenvalue weighted by atomic mass is 10.1. The van der Waals surface area contributed by atoms with Crippen LogP contribution in [0.25, 0.3) is 0 Å². The van der Waals surface area contributed by atoms with Crippen molar-refractivity contribution in [2.24, 2.45) is 11.7 Å². The summed E-state index contributed by atoms with van der Waals surface area (Å²) in [6.45, 7) is 4.13. The summed E-state index contributed by atoms with van der Waals surface area (Å²) in [6.07, 6.45) is 4.97. The third-order valence-electron chi connectivity index (χ3n) is 1.59. The highest BCUT2D eigenvalue weighted by Crippen LogP contribution is 2.07. The van der Waals surface area contributed by atoms with Gasteiger partial charge in [-0.1, -0.05) is 13.0 Å². The Morgan fingerprint density at radius 1 is 1.67 bits per heavy atom. The summed E-state index contributed by atoms with van der Waals surface area (Å²) >= 11 is 0. The fourth-order valence-electron chi connectivity index (χ4n) is 0.845. The van der Waals surface area contributed by atoms with Crippen LogP contribution in [-0.4, -0.2) is 12.6 Å². The number of hydrogen-bond donors (Lipinski definition) is 1. The van der Waals surface area contributed by atoms with Crippen molar-refractivity contribution in [2.75, 3.05) is 6.61 Å². The van der Waals surface area contributed by atoms with Crippen molar-refractivity contribution in [1.29, 1.82) is 0 Å². The standard InChI is InChI=1S/C9H17NO2/c1-3-12-9(11)8(2)6-4-5-7-10/h5,7-8H,3-4,6,10H2,1-2H3/b7-5+. The van der Waals surface area contributed by atoms with E-state index in [1.165, 1.54) is 6.20 Å². The summed E-state index contributed by atoms with van der Waals surface area (Å²) in [5, 5.41) is 0. The molecule has 0 aromatic heterocycles. The predicted molar refractivity (Wildman–Crippen MR) is 48.4 cm³/mol. The van der Waals surface area contributed by atoms with Crippen molar-refractivity contribution in [1.82, 2.24) is 0 Å². The van der Waals surface area contributed by atoms with Gasteiger partial charge in [-0.05, 0) is 26.0 Å². The Morgan fingerprint density at radius 2 is 2.33 bits per heavy atom. The second-order valence-corrected chi connectivity index (χ2v) is 2.66. The molecular formula is C9H17NO2. The Labute approximate surface area is 73.6 Å². The van der Waals surface area contributed by atoms with Gasteiger partial charge in [0.15, 0.2) is 0 Å². The maximum absolute atomic E-state index is 11.1. The van der Waals surface area contributed by atoms with Gasteiger partial charge < -0.3 is 10.5 Å². The summed E-state index contributed by atoms with van der Waals surface area (Å²) in [5.41, 5.74) is 5.15. The van der Waals surface area contributed by atoms with E-state index in [9.17, 15) is 4.79 Å². The fraction of sp³-hybridized carbons (Fsp3) is 0.667. The molecule has 70 valence electrons. The van der Waals surface area contributed by atoms with Gasteiger partial charge in [-0.3, -0.25) is 4.79 Å². The van der Waals surface area contributed by atoms with Gasteiger partial charge in [-0.25, -0.2) is 0 Å². The first-order chi connectivity index (χ1) is 5.72. The molecule has 0 aromatic rings. The highest BCUT2D eigenvalue weighted by atomic mass is 16.5. The molecule has 0 radical (unpaired) electrons. The quantitative estimate of drug-likeness (QED) is 0.637. The summed E-state index contributed by atoms with van der Waals surface area (Å²) in [4.78, 5) is 11.1. The third-order valence-corrected chi connectivity index (χ3v) is 1.59. The average molecular weight is 171 g/mol. The Balaban J connectivity index is 3.56. The summed E-state index contributed by atoms with van der Waals surface area (Å²) in [5.74, 6) is -0.149. The molecule has 12 heavy (non-hydrogen) atoms. The molecule has 0 saturated heterocycles. The van der Waals surface area contributed by atoms with Crippen molar-refractivity contribution in [3.8, 4) is 0 Å². The SMILES string of the molecule is CCOC(=O)C(C)CC/C=C/N. The third kappa shape index (κ3) is 4.77. The number of hydrogen-bond acceptors (Lipinski definition) is 3. The second-order valence-electron chi connectivity index (χ2n) is 2.66. The van der Waals surface area contributed by atoms with Crippen LogP contribution in [0.4, 0.5) is 0 Å². The van der Waals surface area contributed by atoms with E-state index in [-0.39, 0.29) is 11.9 Å². The van der Waals surface area contributed by atoms with E-state index in [1.54, 1.807) is 0 Å². The van der Waals surface area contributed by atoms with Gasteiger partial charge in [0, 0.05) is 0 Å². The molecule has 0 bridgehead atoms. The van der Waals surface area contributed by atoms with Crippen LogP contribution in [0.5, 0.6) is 0 Å². The Kier molecular flexibility index (Phi) is 6.15. The number of allylic oxidation sites excluding steroid dienone is 1. The lowest BCUT2D eigenvalue weighted by molar-refractivity contribution is -0.147. The molecule has 3 nitrogen and oxygen atoms in total. The van der Waals surface area contributed by atoms with Gasteiger partial charge in [-0.2, -0.15) is 0 Å².